The lowest BCUT2D eigenvalue weighted by molar-refractivity contribution is -0.121. The third-order valence-electron chi connectivity index (χ3n) is 5.87. The number of amides is 2. The lowest BCUT2D eigenvalue weighted by atomic mass is 10.1. The van der Waals surface area contributed by atoms with Crippen LogP contribution in [0.15, 0.2) is 71.7 Å². The van der Waals surface area contributed by atoms with Crippen LogP contribution < -0.4 is 24.4 Å². The fraction of sp³-hybridized carbons (Fsp3) is 0.250. The first-order valence-corrected chi connectivity index (χ1v) is 13.1. The van der Waals surface area contributed by atoms with Gasteiger partial charge in [0.2, 0.25) is 11.8 Å². The average molecular weight is 554 g/mol. The Hall–Kier alpha value is -3.69. The van der Waals surface area contributed by atoms with E-state index in [1.54, 1.807) is 45.6 Å². The van der Waals surface area contributed by atoms with Gasteiger partial charge in [-0.1, -0.05) is 35.5 Å². The number of imide groups is 1. The normalized spacial score (nSPS) is 15.5. The van der Waals surface area contributed by atoms with E-state index in [0.29, 0.717) is 40.3 Å². The molecule has 38 heavy (non-hydrogen) atoms. The van der Waals surface area contributed by atoms with E-state index in [1.807, 2.05) is 42.5 Å². The Bertz CT molecular complexity index is 1330. The fourth-order valence-corrected chi connectivity index (χ4v) is 5.17. The van der Waals surface area contributed by atoms with Crippen molar-refractivity contribution in [2.75, 3.05) is 38.1 Å². The second kappa shape index (κ2) is 12.7. The van der Waals surface area contributed by atoms with Crippen LogP contribution in [0.5, 0.6) is 17.2 Å². The molecule has 2 amide bonds. The van der Waals surface area contributed by atoms with Gasteiger partial charge in [-0.3, -0.25) is 14.6 Å². The van der Waals surface area contributed by atoms with Crippen LogP contribution >= 0.6 is 23.4 Å². The molecule has 1 aliphatic heterocycles. The molecule has 1 atom stereocenters. The molecule has 0 bridgehead atoms. The summed E-state index contributed by atoms with van der Waals surface area (Å²) >= 11 is 7.33. The number of nitrogens with one attached hydrogen (secondary N) is 1. The second-order valence-electron chi connectivity index (χ2n) is 8.34. The van der Waals surface area contributed by atoms with Crippen molar-refractivity contribution < 1.29 is 23.8 Å². The number of thioether (sulfide) groups is 1. The molecule has 0 spiro atoms. The molecule has 0 saturated carbocycles. The van der Waals surface area contributed by atoms with Crippen molar-refractivity contribution in [3.05, 3.63) is 77.3 Å². The maximum absolute atomic E-state index is 13.2. The zero-order valence-corrected chi connectivity index (χ0v) is 22.8. The van der Waals surface area contributed by atoms with E-state index < -0.39 is 5.25 Å². The first-order chi connectivity index (χ1) is 18.4. The van der Waals surface area contributed by atoms with Crippen LogP contribution in [0.25, 0.3) is 0 Å². The highest BCUT2D eigenvalue weighted by atomic mass is 35.5. The van der Waals surface area contributed by atoms with Gasteiger partial charge in [0.1, 0.15) is 11.0 Å². The number of hydrogen-bond acceptors (Lipinski definition) is 7. The number of amidine groups is 1. The lowest BCUT2D eigenvalue weighted by Gasteiger charge is -2.16. The fourth-order valence-electron chi connectivity index (χ4n) is 3.94. The maximum atomic E-state index is 13.2. The molecule has 4 rings (SSSR count). The molecule has 3 aromatic carbocycles. The molecule has 1 saturated heterocycles. The molecule has 1 heterocycles. The number of rotatable bonds is 9. The van der Waals surface area contributed by atoms with Gasteiger partial charge < -0.3 is 19.5 Å². The summed E-state index contributed by atoms with van der Waals surface area (Å²) in [5.41, 5.74) is 2.27. The molecule has 198 valence electrons. The van der Waals surface area contributed by atoms with E-state index in [1.165, 1.54) is 16.7 Å². The van der Waals surface area contributed by atoms with Crippen LogP contribution in [0.2, 0.25) is 5.02 Å². The number of ether oxygens (including phenoxy) is 3. The van der Waals surface area contributed by atoms with Crippen LogP contribution in [0.1, 0.15) is 12.0 Å². The highest BCUT2D eigenvalue weighted by Gasteiger charge is 2.40. The number of benzene rings is 3. The van der Waals surface area contributed by atoms with Crippen molar-refractivity contribution in [2.24, 2.45) is 4.99 Å². The van der Waals surface area contributed by atoms with E-state index in [2.05, 4.69) is 5.32 Å². The summed E-state index contributed by atoms with van der Waals surface area (Å²) in [4.78, 5) is 32.0. The second-order valence-corrected chi connectivity index (χ2v) is 9.97. The lowest BCUT2D eigenvalue weighted by Crippen LogP contribution is -2.31. The minimum Gasteiger partial charge on any atom is -0.497 e. The van der Waals surface area contributed by atoms with Crippen LogP contribution in [-0.4, -0.2) is 50.1 Å². The summed E-state index contributed by atoms with van der Waals surface area (Å²) in [6, 6.07) is 19.8. The summed E-state index contributed by atoms with van der Waals surface area (Å²) in [5, 5.41) is 3.67. The Kier molecular flexibility index (Phi) is 9.15. The van der Waals surface area contributed by atoms with Gasteiger partial charge in [0, 0.05) is 23.7 Å². The van der Waals surface area contributed by atoms with E-state index in [4.69, 9.17) is 30.8 Å². The van der Waals surface area contributed by atoms with Gasteiger partial charge in [0.05, 0.1) is 27.0 Å². The minimum absolute atomic E-state index is 0.0645. The monoisotopic (exact) mass is 553 g/mol. The molecular formula is C28H28ClN3O5S. The van der Waals surface area contributed by atoms with Gasteiger partial charge in [-0.25, -0.2) is 4.90 Å². The number of hydrogen-bond donors (Lipinski definition) is 1. The van der Waals surface area contributed by atoms with Gasteiger partial charge in [-0.2, -0.15) is 0 Å². The van der Waals surface area contributed by atoms with Crippen molar-refractivity contribution >= 4 is 51.7 Å². The van der Waals surface area contributed by atoms with E-state index >= 15 is 0 Å². The summed E-state index contributed by atoms with van der Waals surface area (Å²) in [7, 11) is 4.80. The Labute approximate surface area is 230 Å². The summed E-state index contributed by atoms with van der Waals surface area (Å²) in [6.07, 6.45) is 0.704. The molecule has 1 N–H and O–H groups in total. The van der Waals surface area contributed by atoms with Gasteiger partial charge in [0.15, 0.2) is 16.7 Å². The molecule has 1 aliphatic rings. The molecule has 0 radical (unpaired) electrons. The SMILES string of the molecule is COc1ccc(NC(=NCCc2ccc(OC)c(OC)c2)S[C@H]2CC(=O)N(c3cccc(Cl)c3)C2=O)cc1. The molecule has 0 aliphatic carbocycles. The molecule has 8 nitrogen and oxygen atoms in total. The van der Waals surface area contributed by atoms with Crippen LogP contribution in [0, 0.1) is 0 Å². The molecule has 3 aromatic rings. The van der Waals surface area contributed by atoms with Gasteiger partial charge in [-0.15, -0.1) is 0 Å². The topological polar surface area (TPSA) is 89.5 Å². The zero-order chi connectivity index (χ0) is 27.1. The number of carbonyl (C=O) groups excluding carboxylic acids is 2. The average Bonchev–Trinajstić information content (AvgIpc) is 3.20. The number of halogens is 1. The van der Waals surface area contributed by atoms with E-state index in [-0.39, 0.29) is 18.2 Å². The quantitative estimate of drug-likeness (QED) is 0.214. The number of methoxy groups -OCH3 is 3. The Morgan fingerprint density at radius 3 is 2.45 bits per heavy atom. The Morgan fingerprint density at radius 2 is 1.76 bits per heavy atom. The third kappa shape index (κ3) is 6.59. The predicted octanol–water partition coefficient (Wildman–Crippen LogP) is 5.44. The van der Waals surface area contributed by atoms with Crippen molar-refractivity contribution in [3.8, 4) is 17.2 Å². The van der Waals surface area contributed by atoms with Crippen molar-refractivity contribution in [1.82, 2.24) is 0 Å². The number of nitrogens with zero attached hydrogens (tertiary/aromatic N) is 2. The first kappa shape index (κ1) is 27.3. The van der Waals surface area contributed by atoms with Gasteiger partial charge >= 0.3 is 0 Å². The number of aliphatic imine (C=N–C) groups is 1. The van der Waals surface area contributed by atoms with Gasteiger partial charge in [-0.05, 0) is 66.6 Å². The Morgan fingerprint density at radius 1 is 1.00 bits per heavy atom. The van der Waals surface area contributed by atoms with Crippen molar-refractivity contribution in [3.63, 3.8) is 0 Å². The molecule has 0 aromatic heterocycles. The van der Waals surface area contributed by atoms with Crippen LogP contribution in [-0.2, 0) is 16.0 Å². The molecular weight excluding hydrogens is 526 g/mol. The van der Waals surface area contributed by atoms with Crippen molar-refractivity contribution in [2.45, 2.75) is 18.1 Å². The molecule has 1 fully saturated rings. The number of carbonyl (C=O) groups is 2. The van der Waals surface area contributed by atoms with E-state index in [9.17, 15) is 9.59 Å². The van der Waals surface area contributed by atoms with Gasteiger partial charge in [0.25, 0.3) is 0 Å². The predicted molar refractivity (Wildman–Crippen MR) is 152 cm³/mol. The molecule has 0 unspecified atom stereocenters. The third-order valence-corrected chi connectivity index (χ3v) is 7.21. The summed E-state index contributed by atoms with van der Waals surface area (Å²) in [5.74, 6) is 1.46. The largest absolute Gasteiger partial charge is 0.497 e. The highest BCUT2D eigenvalue weighted by Crippen LogP contribution is 2.32. The standard InChI is InChI=1S/C28H28ClN3O5S/c1-35-22-10-8-20(9-11-22)31-28(30-14-13-18-7-12-23(36-2)24(15-18)37-3)38-25-17-26(33)32(27(25)34)21-6-4-5-19(29)16-21/h4-12,15-16,25H,13-14,17H2,1-3H3,(H,30,31)/t25-/m0/s1. The van der Waals surface area contributed by atoms with Crippen molar-refractivity contribution in [1.29, 1.82) is 0 Å². The van der Waals surface area contributed by atoms with Crippen LogP contribution in [0.4, 0.5) is 11.4 Å². The van der Waals surface area contributed by atoms with E-state index in [0.717, 1.165) is 17.0 Å². The zero-order valence-electron chi connectivity index (χ0n) is 21.3. The maximum Gasteiger partial charge on any atom is 0.247 e. The molecule has 10 heteroatoms. The smallest absolute Gasteiger partial charge is 0.247 e. The summed E-state index contributed by atoms with van der Waals surface area (Å²) < 4.78 is 15.9. The minimum atomic E-state index is -0.618. The number of anilines is 2. The Balaban J connectivity index is 1.52. The highest BCUT2D eigenvalue weighted by molar-refractivity contribution is 8.15. The summed E-state index contributed by atoms with van der Waals surface area (Å²) in [6.45, 7) is 0.452. The van der Waals surface area contributed by atoms with Crippen LogP contribution in [0.3, 0.4) is 0 Å². The first-order valence-electron chi connectivity index (χ1n) is 11.9.